The van der Waals surface area contributed by atoms with Crippen molar-refractivity contribution in [3.63, 3.8) is 0 Å². The van der Waals surface area contributed by atoms with Crippen molar-refractivity contribution in [2.45, 2.75) is 0 Å². The molecule has 0 spiro atoms. The van der Waals surface area contributed by atoms with Crippen molar-refractivity contribution in [1.29, 1.82) is 0 Å². The fourth-order valence-electron chi connectivity index (χ4n) is 0.912. The average molecular weight is 133 g/mol. The summed E-state index contributed by atoms with van der Waals surface area (Å²) in [6.45, 7) is 0. The Morgan fingerprint density at radius 2 is 2.20 bits per heavy atom. The molecule has 2 aliphatic rings. The Balaban J connectivity index is 2.38. The van der Waals surface area contributed by atoms with Crippen molar-refractivity contribution in [2.24, 2.45) is 5.10 Å². The van der Waals surface area contributed by atoms with Crippen LogP contribution >= 0.6 is 0 Å². The predicted octanol–water partition coefficient (Wildman–Crippen LogP) is 0.460. The smallest absolute Gasteiger partial charge is 0.0565 e. The van der Waals surface area contributed by atoms with Gasteiger partial charge in [0, 0.05) is 29.7 Å². The molecule has 0 radical (unpaired) electrons. The Morgan fingerprint density at radius 3 is 3.10 bits per heavy atom. The minimum absolute atomic E-state index is 1.11. The summed E-state index contributed by atoms with van der Waals surface area (Å²) in [7, 11) is 0. The standard InChI is InChI=1S/C7H7N3/c1-2-8-3-7-5-10-9-4-6(1)7/h1-5,8-9H. The third-order valence-corrected chi connectivity index (χ3v) is 1.43. The maximum Gasteiger partial charge on any atom is 0.0565 e. The molecule has 0 aromatic rings. The lowest BCUT2D eigenvalue weighted by atomic mass is 10.1. The van der Waals surface area contributed by atoms with Crippen LogP contribution in [0.15, 0.2) is 40.9 Å². The number of rotatable bonds is 0. The highest BCUT2D eigenvalue weighted by Gasteiger charge is 2.04. The molecule has 2 heterocycles. The highest BCUT2D eigenvalue weighted by Crippen LogP contribution is 2.12. The first-order valence-electron chi connectivity index (χ1n) is 3.09. The van der Waals surface area contributed by atoms with Crippen LogP contribution in [-0.4, -0.2) is 6.21 Å². The number of dihydropyridines is 1. The minimum Gasteiger partial charge on any atom is -0.367 e. The van der Waals surface area contributed by atoms with E-state index < -0.39 is 0 Å². The number of hydrogen-bond donors (Lipinski definition) is 2. The summed E-state index contributed by atoms with van der Waals surface area (Å²) >= 11 is 0. The van der Waals surface area contributed by atoms with E-state index in [2.05, 4.69) is 15.8 Å². The Hall–Kier alpha value is -1.51. The molecule has 0 amide bonds. The molecule has 50 valence electrons. The molecule has 10 heavy (non-hydrogen) atoms. The molecule has 0 saturated carbocycles. The summed E-state index contributed by atoms with van der Waals surface area (Å²) in [4.78, 5) is 0. The summed E-state index contributed by atoms with van der Waals surface area (Å²) in [5.41, 5.74) is 5.04. The summed E-state index contributed by atoms with van der Waals surface area (Å²) < 4.78 is 0. The number of fused-ring (bicyclic) bond motifs is 1. The number of hydrogen-bond acceptors (Lipinski definition) is 3. The van der Waals surface area contributed by atoms with E-state index in [1.165, 1.54) is 0 Å². The Bertz CT molecular complexity index is 230. The van der Waals surface area contributed by atoms with E-state index in [1.54, 1.807) is 6.21 Å². The molecule has 0 aromatic heterocycles. The third kappa shape index (κ3) is 0.719. The van der Waals surface area contributed by atoms with Crippen LogP contribution in [0.4, 0.5) is 0 Å². The maximum atomic E-state index is 3.87. The molecule has 0 atom stereocenters. The second-order valence-corrected chi connectivity index (χ2v) is 2.09. The van der Waals surface area contributed by atoms with E-state index in [-0.39, 0.29) is 0 Å². The van der Waals surface area contributed by atoms with Gasteiger partial charge >= 0.3 is 0 Å². The van der Waals surface area contributed by atoms with Crippen molar-refractivity contribution in [3.8, 4) is 0 Å². The van der Waals surface area contributed by atoms with Crippen LogP contribution in [0, 0.1) is 0 Å². The Kier molecular flexibility index (Phi) is 1.07. The van der Waals surface area contributed by atoms with Crippen LogP contribution in [0.5, 0.6) is 0 Å². The second-order valence-electron chi connectivity index (χ2n) is 2.09. The van der Waals surface area contributed by atoms with Crippen LogP contribution in [0.1, 0.15) is 0 Å². The number of allylic oxidation sites excluding steroid dienone is 3. The van der Waals surface area contributed by atoms with E-state index in [9.17, 15) is 0 Å². The summed E-state index contributed by atoms with van der Waals surface area (Å²) in [6.07, 6.45) is 9.44. The van der Waals surface area contributed by atoms with E-state index in [0.29, 0.717) is 0 Å². The Morgan fingerprint density at radius 1 is 1.20 bits per heavy atom. The van der Waals surface area contributed by atoms with Gasteiger partial charge in [0.1, 0.15) is 0 Å². The molecular weight excluding hydrogens is 126 g/mol. The van der Waals surface area contributed by atoms with Gasteiger partial charge in [-0.2, -0.15) is 5.10 Å². The van der Waals surface area contributed by atoms with Gasteiger partial charge in [0.25, 0.3) is 0 Å². The number of nitrogens with zero attached hydrogens (tertiary/aromatic N) is 1. The third-order valence-electron chi connectivity index (χ3n) is 1.43. The monoisotopic (exact) mass is 133 g/mol. The van der Waals surface area contributed by atoms with Gasteiger partial charge in [0.05, 0.1) is 6.21 Å². The quantitative estimate of drug-likeness (QED) is 0.503. The van der Waals surface area contributed by atoms with Crippen LogP contribution in [0.25, 0.3) is 0 Å². The minimum atomic E-state index is 1.11. The highest BCUT2D eigenvalue weighted by atomic mass is 15.3. The molecule has 0 saturated heterocycles. The first-order chi connectivity index (χ1) is 4.97. The molecule has 2 rings (SSSR count). The molecule has 0 aromatic carbocycles. The van der Waals surface area contributed by atoms with E-state index in [0.717, 1.165) is 11.1 Å². The molecular formula is C7H7N3. The normalized spacial score (nSPS) is 20.0. The summed E-state index contributed by atoms with van der Waals surface area (Å²) in [6, 6.07) is 0. The zero-order chi connectivity index (χ0) is 6.81. The molecule has 0 aliphatic carbocycles. The molecule has 2 N–H and O–H groups in total. The molecule has 0 bridgehead atoms. The molecule has 0 fully saturated rings. The van der Waals surface area contributed by atoms with Gasteiger partial charge in [-0.05, 0) is 6.08 Å². The summed E-state index contributed by atoms with van der Waals surface area (Å²) in [5.74, 6) is 0. The maximum absolute atomic E-state index is 3.87. The van der Waals surface area contributed by atoms with Gasteiger partial charge in [0.2, 0.25) is 0 Å². The van der Waals surface area contributed by atoms with Crippen molar-refractivity contribution >= 4 is 6.21 Å². The lowest BCUT2D eigenvalue weighted by Gasteiger charge is -2.11. The fraction of sp³-hybridized carbons (Fsp3) is 0. The van der Waals surface area contributed by atoms with E-state index >= 15 is 0 Å². The van der Waals surface area contributed by atoms with Gasteiger partial charge in [-0.1, -0.05) is 0 Å². The first-order valence-corrected chi connectivity index (χ1v) is 3.09. The Labute approximate surface area is 58.8 Å². The molecule has 0 unspecified atom stereocenters. The summed E-state index contributed by atoms with van der Waals surface area (Å²) in [5, 5.41) is 6.85. The predicted molar refractivity (Wildman–Crippen MR) is 40.1 cm³/mol. The van der Waals surface area contributed by atoms with Crippen LogP contribution in [0.2, 0.25) is 0 Å². The fourth-order valence-corrected chi connectivity index (χ4v) is 0.912. The van der Waals surface area contributed by atoms with Gasteiger partial charge in [-0.25, -0.2) is 0 Å². The zero-order valence-corrected chi connectivity index (χ0v) is 5.33. The van der Waals surface area contributed by atoms with Gasteiger partial charge in [-0.15, -0.1) is 0 Å². The highest BCUT2D eigenvalue weighted by molar-refractivity contribution is 5.87. The van der Waals surface area contributed by atoms with Crippen molar-refractivity contribution in [1.82, 2.24) is 10.7 Å². The van der Waals surface area contributed by atoms with E-state index in [4.69, 9.17) is 0 Å². The van der Waals surface area contributed by atoms with Crippen molar-refractivity contribution in [3.05, 3.63) is 35.8 Å². The van der Waals surface area contributed by atoms with E-state index in [1.807, 2.05) is 24.7 Å². The SMILES string of the molecule is C1=CC2=CNN=CC2=CN1. The first kappa shape index (κ1) is 5.29. The van der Waals surface area contributed by atoms with Crippen LogP contribution < -0.4 is 10.7 Å². The van der Waals surface area contributed by atoms with Crippen molar-refractivity contribution in [2.75, 3.05) is 0 Å². The lowest BCUT2D eigenvalue weighted by Crippen LogP contribution is -2.11. The van der Waals surface area contributed by atoms with Crippen LogP contribution in [0.3, 0.4) is 0 Å². The zero-order valence-electron chi connectivity index (χ0n) is 5.33. The average Bonchev–Trinajstić information content (AvgIpc) is 2.05. The lowest BCUT2D eigenvalue weighted by molar-refractivity contribution is 0.947. The number of nitrogens with one attached hydrogen (secondary N) is 2. The topological polar surface area (TPSA) is 36.4 Å². The van der Waals surface area contributed by atoms with Gasteiger partial charge in [0.15, 0.2) is 0 Å². The number of hydrazone groups is 1. The second kappa shape index (κ2) is 2.02. The van der Waals surface area contributed by atoms with Crippen molar-refractivity contribution < 1.29 is 0 Å². The molecule has 3 nitrogen and oxygen atoms in total. The molecule has 3 heteroatoms. The largest absolute Gasteiger partial charge is 0.367 e. The van der Waals surface area contributed by atoms with Crippen LogP contribution in [-0.2, 0) is 0 Å². The van der Waals surface area contributed by atoms with Gasteiger partial charge < -0.3 is 5.32 Å². The molecule has 2 aliphatic heterocycles. The van der Waals surface area contributed by atoms with Gasteiger partial charge in [-0.3, -0.25) is 5.43 Å².